The third kappa shape index (κ3) is 5.78. The van der Waals surface area contributed by atoms with Crippen LogP contribution in [0.1, 0.15) is 27.7 Å². The van der Waals surface area contributed by atoms with Gasteiger partial charge in [0.2, 0.25) is 17.8 Å². The van der Waals surface area contributed by atoms with E-state index in [1.165, 1.54) is 0 Å². The van der Waals surface area contributed by atoms with Crippen molar-refractivity contribution in [1.29, 1.82) is 0 Å². The molecule has 0 atom stereocenters. The van der Waals surface area contributed by atoms with Gasteiger partial charge in [0.1, 0.15) is 0 Å². The molecule has 1 aromatic rings. The molecule has 1 heterocycles. The fourth-order valence-electron chi connectivity index (χ4n) is 1.50. The Balaban J connectivity index is 2.87. The molecule has 1 aromatic heterocycles. The molecular weight excluding hydrogens is 274 g/mol. The first-order valence-corrected chi connectivity index (χ1v) is 6.71. The van der Waals surface area contributed by atoms with Crippen LogP contribution in [0.15, 0.2) is 0 Å². The number of hydrazine groups is 1. The van der Waals surface area contributed by atoms with Gasteiger partial charge in [-0.15, -0.1) is 0 Å². The van der Waals surface area contributed by atoms with Crippen molar-refractivity contribution in [3.8, 4) is 6.01 Å². The Labute approximate surface area is 124 Å². The summed E-state index contributed by atoms with van der Waals surface area (Å²) < 4.78 is 5.43. The molecule has 0 bridgehead atoms. The fraction of sp³-hybridized carbons (Fsp3) is 0.667. The maximum absolute atomic E-state index is 11.8. The van der Waals surface area contributed by atoms with Gasteiger partial charge in [-0.25, -0.2) is 5.84 Å². The lowest BCUT2D eigenvalue weighted by molar-refractivity contribution is -0.120. The van der Waals surface area contributed by atoms with Crippen molar-refractivity contribution in [1.82, 2.24) is 20.3 Å². The van der Waals surface area contributed by atoms with Crippen LogP contribution in [0.4, 0.5) is 11.9 Å². The number of rotatable bonds is 7. The first kappa shape index (κ1) is 16.9. The van der Waals surface area contributed by atoms with Crippen molar-refractivity contribution in [2.45, 2.75) is 39.8 Å². The predicted molar refractivity (Wildman–Crippen MR) is 79.9 cm³/mol. The molecule has 0 fully saturated rings. The molecule has 0 aliphatic carbocycles. The zero-order valence-corrected chi connectivity index (χ0v) is 13.0. The second kappa shape index (κ2) is 7.58. The molecule has 0 spiro atoms. The molecule has 21 heavy (non-hydrogen) atoms. The van der Waals surface area contributed by atoms with Crippen LogP contribution in [-0.4, -0.2) is 46.6 Å². The van der Waals surface area contributed by atoms with E-state index in [4.69, 9.17) is 10.6 Å². The zero-order valence-electron chi connectivity index (χ0n) is 13.0. The molecule has 9 heteroatoms. The van der Waals surface area contributed by atoms with Crippen LogP contribution >= 0.6 is 0 Å². The number of carbonyl (C=O) groups excluding carboxylic acids is 1. The number of ether oxygens (including phenoxy) is 1. The number of anilines is 2. The van der Waals surface area contributed by atoms with Gasteiger partial charge >= 0.3 is 6.01 Å². The molecule has 1 rings (SSSR count). The smallest absolute Gasteiger partial charge is 0.323 e. The largest absolute Gasteiger partial charge is 0.461 e. The fourth-order valence-corrected chi connectivity index (χ4v) is 1.50. The standard InChI is InChI=1S/C12H23N7O2/c1-7(2)14-9(20)6-19(5)11-15-10(18-13)16-12(17-11)21-8(3)4/h7-8H,6,13H2,1-5H3,(H,14,20)(H,15,16,17,18). The summed E-state index contributed by atoms with van der Waals surface area (Å²) >= 11 is 0. The van der Waals surface area contributed by atoms with Crippen LogP contribution in [0, 0.1) is 0 Å². The molecule has 0 saturated heterocycles. The van der Waals surface area contributed by atoms with E-state index in [1.54, 1.807) is 11.9 Å². The predicted octanol–water partition coefficient (Wildman–Crippen LogP) is -0.0948. The molecule has 0 aliphatic heterocycles. The maximum atomic E-state index is 11.8. The SMILES string of the molecule is CC(C)NC(=O)CN(C)c1nc(NN)nc(OC(C)C)n1. The summed E-state index contributed by atoms with van der Waals surface area (Å²) in [5.41, 5.74) is 2.35. The Morgan fingerprint density at radius 2 is 1.95 bits per heavy atom. The summed E-state index contributed by atoms with van der Waals surface area (Å²) in [6, 6.07) is 0.226. The van der Waals surface area contributed by atoms with Crippen LogP contribution in [0.5, 0.6) is 6.01 Å². The minimum Gasteiger partial charge on any atom is -0.461 e. The van der Waals surface area contributed by atoms with Crippen LogP contribution < -0.4 is 26.2 Å². The number of carbonyl (C=O) groups is 1. The van der Waals surface area contributed by atoms with E-state index in [0.717, 1.165) is 0 Å². The number of hydrogen-bond donors (Lipinski definition) is 3. The van der Waals surface area contributed by atoms with Gasteiger partial charge in [-0.05, 0) is 27.7 Å². The first-order valence-electron chi connectivity index (χ1n) is 6.71. The van der Waals surface area contributed by atoms with Crippen molar-refractivity contribution in [2.75, 3.05) is 23.9 Å². The Morgan fingerprint density at radius 3 is 2.48 bits per heavy atom. The summed E-state index contributed by atoms with van der Waals surface area (Å²) in [5.74, 6) is 5.68. The summed E-state index contributed by atoms with van der Waals surface area (Å²) in [6.45, 7) is 7.63. The highest BCUT2D eigenvalue weighted by molar-refractivity contribution is 5.80. The van der Waals surface area contributed by atoms with Crippen LogP contribution in [0.3, 0.4) is 0 Å². The highest BCUT2D eigenvalue weighted by Crippen LogP contribution is 2.14. The summed E-state index contributed by atoms with van der Waals surface area (Å²) in [6.07, 6.45) is -0.0829. The average molecular weight is 297 g/mol. The maximum Gasteiger partial charge on any atom is 0.323 e. The summed E-state index contributed by atoms with van der Waals surface area (Å²) in [7, 11) is 1.70. The molecule has 1 amide bonds. The van der Waals surface area contributed by atoms with Crippen molar-refractivity contribution in [3.63, 3.8) is 0 Å². The van der Waals surface area contributed by atoms with Gasteiger partial charge < -0.3 is 15.0 Å². The topological polar surface area (TPSA) is 118 Å². The number of aromatic nitrogens is 3. The lowest BCUT2D eigenvalue weighted by atomic mass is 10.4. The van der Waals surface area contributed by atoms with Gasteiger partial charge in [-0.1, -0.05) is 0 Å². The lowest BCUT2D eigenvalue weighted by Crippen LogP contribution is -2.39. The van der Waals surface area contributed by atoms with Crippen molar-refractivity contribution in [2.24, 2.45) is 5.84 Å². The zero-order chi connectivity index (χ0) is 16.0. The molecule has 0 saturated carbocycles. The van der Waals surface area contributed by atoms with E-state index >= 15 is 0 Å². The van der Waals surface area contributed by atoms with Crippen LogP contribution in [-0.2, 0) is 4.79 Å². The van der Waals surface area contributed by atoms with Gasteiger partial charge in [-0.3, -0.25) is 10.2 Å². The molecule has 0 aliphatic rings. The molecule has 9 nitrogen and oxygen atoms in total. The van der Waals surface area contributed by atoms with Crippen molar-refractivity contribution in [3.05, 3.63) is 0 Å². The number of amides is 1. The molecule has 0 radical (unpaired) electrons. The monoisotopic (exact) mass is 297 g/mol. The Kier molecular flexibility index (Phi) is 6.10. The summed E-state index contributed by atoms with van der Waals surface area (Å²) in [4.78, 5) is 25.6. The second-order valence-electron chi connectivity index (χ2n) is 5.13. The first-order chi connectivity index (χ1) is 9.81. The third-order valence-corrected chi connectivity index (χ3v) is 2.25. The van der Waals surface area contributed by atoms with Crippen molar-refractivity contribution < 1.29 is 9.53 Å². The van der Waals surface area contributed by atoms with Gasteiger partial charge in [0.05, 0.1) is 12.6 Å². The molecule has 0 aromatic carbocycles. The van der Waals surface area contributed by atoms with Crippen LogP contribution in [0.25, 0.3) is 0 Å². The number of nitrogens with zero attached hydrogens (tertiary/aromatic N) is 4. The number of likely N-dealkylation sites (N-methyl/N-ethyl adjacent to an activating group) is 1. The highest BCUT2D eigenvalue weighted by atomic mass is 16.5. The van der Waals surface area contributed by atoms with Gasteiger partial charge in [0.25, 0.3) is 0 Å². The normalized spacial score (nSPS) is 10.7. The quantitative estimate of drug-likeness (QED) is 0.472. The Bertz CT molecular complexity index is 479. The highest BCUT2D eigenvalue weighted by Gasteiger charge is 2.14. The molecule has 118 valence electrons. The summed E-state index contributed by atoms with van der Waals surface area (Å²) in [5, 5.41) is 2.80. The molecule has 4 N–H and O–H groups in total. The number of nitrogens with one attached hydrogen (secondary N) is 2. The second-order valence-corrected chi connectivity index (χ2v) is 5.13. The average Bonchev–Trinajstić information content (AvgIpc) is 2.36. The third-order valence-electron chi connectivity index (χ3n) is 2.25. The van der Waals surface area contributed by atoms with E-state index in [-0.39, 0.29) is 36.6 Å². The number of nitrogens with two attached hydrogens (primary N) is 1. The minimum absolute atomic E-state index is 0.0744. The number of hydrogen-bond acceptors (Lipinski definition) is 8. The Morgan fingerprint density at radius 1 is 1.29 bits per heavy atom. The lowest BCUT2D eigenvalue weighted by Gasteiger charge is -2.19. The van der Waals surface area contributed by atoms with Gasteiger partial charge in [0.15, 0.2) is 0 Å². The Hall–Kier alpha value is -2.16. The van der Waals surface area contributed by atoms with E-state index in [0.29, 0.717) is 5.95 Å². The molecule has 0 unspecified atom stereocenters. The van der Waals surface area contributed by atoms with Crippen LogP contribution in [0.2, 0.25) is 0 Å². The minimum atomic E-state index is -0.124. The van der Waals surface area contributed by atoms with Crippen molar-refractivity contribution >= 4 is 17.8 Å². The van der Waals surface area contributed by atoms with E-state index in [2.05, 4.69) is 25.7 Å². The van der Waals surface area contributed by atoms with Gasteiger partial charge in [-0.2, -0.15) is 15.0 Å². The van der Waals surface area contributed by atoms with E-state index in [9.17, 15) is 4.79 Å². The van der Waals surface area contributed by atoms with E-state index in [1.807, 2.05) is 27.7 Å². The van der Waals surface area contributed by atoms with E-state index < -0.39 is 0 Å². The molecular formula is C12H23N7O2. The number of nitrogen functional groups attached to an aromatic ring is 1. The van der Waals surface area contributed by atoms with Gasteiger partial charge in [0, 0.05) is 13.1 Å².